The van der Waals surface area contributed by atoms with Gasteiger partial charge in [-0.1, -0.05) is 23.0 Å². The number of rotatable bonds is 4. The molecule has 1 unspecified atom stereocenters. The van der Waals surface area contributed by atoms with Crippen molar-refractivity contribution in [1.82, 2.24) is 10.2 Å². The second-order valence-electron chi connectivity index (χ2n) is 7.46. The second-order valence-corrected chi connectivity index (χ2v) is 8.62. The first-order valence-electron chi connectivity index (χ1n) is 9.86. The quantitative estimate of drug-likeness (QED) is 0.464. The van der Waals surface area contributed by atoms with Crippen molar-refractivity contribution in [3.63, 3.8) is 0 Å². The number of hydrogen-bond acceptors (Lipinski definition) is 8. The van der Waals surface area contributed by atoms with E-state index in [1.165, 1.54) is 23.3 Å². The Morgan fingerprint density at radius 1 is 1.03 bits per heavy atom. The van der Waals surface area contributed by atoms with Gasteiger partial charge >= 0.3 is 0 Å². The van der Waals surface area contributed by atoms with E-state index in [1.54, 1.807) is 44.4 Å². The summed E-state index contributed by atoms with van der Waals surface area (Å²) < 4.78 is 17.0. The van der Waals surface area contributed by atoms with E-state index in [0.717, 1.165) is 5.56 Å². The lowest BCUT2D eigenvalue weighted by Gasteiger charge is -2.24. The smallest absolute Gasteiger partial charge is 0.297 e. The number of hydrogen-bond donors (Lipinski definition) is 0. The van der Waals surface area contributed by atoms with Crippen molar-refractivity contribution in [2.75, 3.05) is 19.1 Å². The van der Waals surface area contributed by atoms with E-state index in [2.05, 4.69) is 10.2 Å². The molecule has 0 bridgehead atoms. The molecule has 0 spiro atoms. The molecular formula is C23H19N3O5S. The Kier molecular flexibility index (Phi) is 4.70. The van der Waals surface area contributed by atoms with E-state index in [0.29, 0.717) is 38.2 Å². The Labute approximate surface area is 187 Å². The number of aromatic nitrogens is 2. The Morgan fingerprint density at radius 2 is 1.84 bits per heavy atom. The van der Waals surface area contributed by atoms with Crippen LogP contribution in [0.2, 0.25) is 0 Å². The third kappa shape index (κ3) is 2.96. The van der Waals surface area contributed by atoms with E-state index < -0.39 is 11.9 Å². The number of fused-ring (bicyclic) bond motifs is 2. The van der Waals surface area contributed by atoms with Crippen LogP contribution in [0.25, 0.3) is 11.0 Å². The van der Waals surface area contributed by atoms with Crippen LogP contribution < -0.4 is 19.8 Å². The molecule has 5 rings (SSSR count). The van der Waals surface area contributed by atoms with Crippen molar-refractivity contribution in [3.8, 4) is 11.5 Å². The molecule has 2 aromatic carbocycles. The van der Waals surface area contributed by atoms with Crippen molar-refractivity contribution in [1.29, 1.82) is 0 Å². The molecule has 0 saturated carbocycles. The summed E-state index contributed by atoms with van der Waals surface area (Å²) >= 11 is 1.26. The normalized spacial score (nSPS) is 15.3. The van der Waals surface area contributed by atoms with Crippen LogP contribution in [0.4, 0.5) is 5.13 Å². The zero-order valence-electron chi connectivity index (χ0n) is 17.8. The molecule has 162 valence electrons. The first-order valence-corrected chi connectivity index (χ1v) is 10.7. The molecule has 1 amide bonds. The monoisotopic (exact) mass is 449 g/mol. The summed E-state index contributed by atoms with van der Waals surface area (Å²) in [7, 11) is 3.09. The topological polar surface area (TPSA) is 94.8 Å². The molecule has 9 heteroatoms. The molecule has 2 aromatic heterocycles. The number of anilines is 1. The molecule has 1 aliphatic rings. The highest BCUT2D eigenvalue weighted by atomic mass is 32.1. The van der Waals surface area contributed by atoms with Crippen LogP contribution in [-0.4, -0.2) is 30.3 Å². The summed E-state index contributed by atoms with van der Waals surface area (Å²) in [6.45, 7) is 3.70. The molecule has 8 nitrogen and oxygen atoms in total. The summed E-state index contributed by atoms with van der Waals surface area (Å²) in [5.41, 5.74) is 1.84. The van der Waals surface area contributed by atoms with Crippen LogP contribution in [0.5, 0.6) is 11.5 Å². The van der Waals surface area contributed by atoms with Gasteiger partial charge in [0.25, 0.3) is 5.91 Å². The fourth-order valence-electron chi connectivity index (χ4n) is 4.01. The first-order chi connectivity index (χ1) is 15.4. The maximum absolute atomic E-state index is 13.7. The minimum atomic E-state index is -0.809. The number of ether oxygens (including phenoxy) is 2. The largest absolute Gasteiger partial charge is 0.497 e. The van der Waals surface area contributed by atoms with E-state index in [4.69, 9.17) is 13.9 Å². The fourth-order valence-corrected chi connectivity index (χ4v) is 4.73. The van der Waals surface area contributed by atoms with E-state index in [9.17, 15) is 9.59 Å². The molecule has 0 fully saturated rings. The zero-order chi connectivity index (χ0) is 22.6. The Balaban J connectivity index is 1.86. The lowest BCUT2D eigenvalue weighted by Crippen LogP contribution is -2.29. The molecule has 0 N–H and O–H groups in total. The molecule has 3 heterocycles. The van der Waals surface area contributed by atoms with E-state index >= 15 is 0 Å². The Hall–Kier alpha value is -3.72. The lowest BCUT2D eigenvalue weighted by atomic mass is 9.97. The Morgan fingerprint density at radius 3 is 2.53 bits per heavy atom. The molecule has 1 atom stereocenters. The molecule has 4 aromatic rings. The number of carbonyl (C=O) groups excluding carboxylic acids is 1. The maximum Gasteiger partial charge on any atom is 0.297 e. The van der Waals surface area contributed by atoms with Gasteiger partial charge in [0.2, 0.25) is 10.9 Å². The van der Waals surface area contributed by atoms with Crippen molar-refractivity contribution in [2.45, 2.75) is 19.9 Å². The van der Waals surface area contributed by atoms with Gasteiger partial charge in [-0.2, -0.15) is 0 Å². The number of nitrogens with zero attached hydrogens (tertiary/aromatic N) is 3. The third-order valence-electron chi connectivity index (χ3n) is 5.48. The average Bonchev–Trinajstić information content (AvgIpc) is 3.34. The van der Waals surface area contributed by atoms with Crippen LogP contribution in [0.15, 0.2) is 45.6 Å². The number of amides is 1. The lowest BCUT2D eigenvalue weighted by molar-refractivity contribution is 0.0970. The fraction of sp³-hybridized carbons (Fsp3) is 0.217. The van der Waals surface area contributed by atoms with Gasteiger partial charge in [-0.25, -0.2) is 0 Å². The SMILES string of the molecule is COc1ccc(OC)c(C2c3c(oc4ccc(C)cc4c3=O)C(=O)N2c2nnc(C)s2)c1. The summed E-state index contributed by atoms with van der Waals surface area (Å²) in [4.78, 5) is 28.7. The van der Waals surface area contributed by atoms with Gasteiger partial charge in [0.1, 0.15) is 28.1 Å². The van der Waals surface area contributed by atoms with Gasteiger partial charge < -0.3 is 13.9 Å². The molecule has 0 aliphatic carbocycles. The van der Waals surface area contributed by atoms with E-state index in [1.807, 2.05) is 13.0 Å². The van der Waals surface area contributed by atoms with Gasteiger partial charge in [0.15, 0.2) is 5.43 Å². The highest BCUT2D eigenvalue weighted by Crippen LogP contribution is 2.45. The molecular weight excluding hydrogens is 430 g/mol. The third-order valence-corrected chi connectivity index (χ3v) is 6.32. The van der Waals surface area contributed by atoms with Gasteiger partial charge in [0.05, 0.1) is 25.2 Å². The van der Waals surface area contributed by atoms with Crippen LogP contribution in [0, 0.1) is 13.8 Å². The number of methoxy groups -OCH3 is 2. The van der Waals surface area contributed by atoms with E-state index in [-0.39, 0.29) is 16.8 Å². The van der Waals surface area contributed by atoms with Crippen LogP contribution in [0.1, 0.15) is 38.3 Å². The first kappa shape index (κ1) is 20.2. The van der Waals surface area contributed by atoms with Gasteiger partial charge in [-0.15, -0.1) is 10.2 Å². The summed E-state index contributed by atoms with van der Waals surface area (Å²) in [6, 6.07) is 9.76. The Bertz CT molecular complexity index is 1440. The zero-order valence-corrected chi connectivity index (χ0v) is 18.6. The minimum absolute atomic E-state index is 0.00548. The maximum atomic E-state index is 13.7. The predicted molar refractivity (Wildman–Crippen MR) is 120 cm³/mol. The van der Waals surface area contributed by atoms with Crippen LogP contribution in [-0.2, 0) is 0 Å². The van der Waals surface area contributed by atoms with Crippen molar-refractivity contribution >= 4 is 33.3 Å². The van der Waals surface area contributed by atoms with Crippen molar-refractivity contribution < 1.29 is 18.7 Å². The summed E-state index contributed by atoms with van der Waals surface area (Å²) in [6.07, 6.45) is 0. The average molecular weight is 449 g/mol. The van der Waals surface area contributed by atoms with Crippen molar-refractivity contribution in [3.05, 3.63) is 74.1 Å². The molecule has 0 saturated heterocycles. The minimum Gasteiger partial charge on any atom is -0.497 e. The van der Waals surface area contributed by atoms with Gasteiger partial charge in [-0.05, 0) is 44.2 Å². The number of carbonyl (C=O) groups is 1. The molecule has 1 aliphatic heterocycles. The standard InChI is InChI=1S/C23H19N3O5S/c1-11-5-7-17-15(9-11)20(27)18-19(14-10-13(29-3)6-8-16(14)30-4)26(22(28)21(18)31-17)23-25-24-12(2)32-23/h5-10,19H,1-4H3. The van der Waals surface area contributed by atoms with Crippen LogP contribution in [0.3, 0.4) is 0 Å². The van der Waals surface area contributed by atoms with Gasteiger partial charge in [-0.3, -0.25) is 14.5 Å². The number of aryl methyl sites for hydroxylation is 2. The highest BCUT2D eigenvalue weighted by Gasteiger charge is 2.46. The van der Waals surface area contributed by atoms with Crippen LogP contribution >= 0.6 is 11.3 Å². The summed E-state index contributed by atoms with van der Waals surface area (Å²) in [5, 5.41) is 9.72. The molecule has 0 radical (unpaired) electrons. The predicted octanol–water partition coefficient (Wildman–Crippen LogP) is 4.03. The summed E-state index contributed by atoms with van der Waals surface area (Å²) in [5.74, 6) is 0.613. The van der Waals surface area contributed by atoms with Crippen molar-refractivity contribution in [2.24, 2.45) is 0 Å². The molecule has 32 heavy (non-hydrogen) atoms. The van der Waals surface area contributed by atoms with Gasteiger partial charge in [0, 0.05) is 5.56 Å². The number of benzene rings is 2. The highest BCUT2D eigenvalue weighted by molar-refractivity contribution is 7.15. The second kappa shape index (κ2) is 7.45.